The summed E-state index contributed by atoms with van der Waals surface area (Å²) in [4.78, 5) is 32.9. The first-order valence-electron chi connectivity index (χ1n) is 6.42. The number of amides is 2. The molecule has 1 atom stereocenters. The highest BCUT2D eigenvalue weighted by atomic mass is 16.5. The number of carboxylic acids is 1. The molecule has 0 aliphatic carbocycles. The number of carbonyl (C=O) groups is 3. The van der Waals surface area contributed by atoms with E-state index in [1.165, 1.54) is 0 Å². The van der Waals surface area contributed by atoms with Crippen molar-refractivity contribution < 1.29 is 24.2 Å². The Bertz CT molecular complexity index is 513. The summed E-state index contributed by atoms with van der Waals surface area (Å²) in [6, 6.07) is 5.98. The highest BCUT2D eigenvalue weighted by molar-refractivity contribution is 5.94. The van der Waals surface area contributed by atoms with Crippen molar-refractivity contribution >= 4 is 17.8 Å². The van der Waals surface area contributed by atoms with Crippen LogP contribution in [-0.4, -0.2) is 35.5 Å². The van der Waals surface area contributed by atoms with E-state index in [1.54, 1.807) is 31.2 Å². The van der Waals surface area contributed by atoms with Gasteiger partial charge in [0.1, 0.15) is 5.75 Å². The van der Waals surface area contributed by atoms with Gasteiger partial charge in [0.2, 0.25) is 0 Å². The van der Waals surface area contributed by atoms with Gasteiger partial charge in [-0.05, 0) is 37.6 Å². The van der Waals surface area contributed by atoms with Crippen LogP contribution in [0.2, 0.25) is 0 Å². The summed E-state index contributed by atoms with van der Waals surface area (Å²) < 4.78 is 5.08. The zero-order valence-electron chi connectivity index (χ0n) is 11.7. The second-order valence-electron chi connectivity index (χ2n) is 4.59. The highest BCUT2D eigenvalue weighted by Gasteiger charge is 2.11. The molecule has 0 heterocycles. The van der Waals surface area contributed by atoms with E-state index in [4.69, 9.17) is 15.6 Å². The Morgan fingerprint density at radius 2 is 1.90 bits per heavy atom. The Hall–Kier alpha value is -2.57. The Balaban J connectivity index is 2.50. The molecule has 7 nitrogen and oxygen atoms in total. The maximum absolute atomic E-state index is 11.9. The lowest BCUT2D eigenvalue weighted by atomic mass is 10.1. The second-order valence-corrected chi connectivity index (χ2v) is 4.59. The van der Waals surface area contributed by atoms with Crippen LogP contribution in [0.25, 0.3) is 0 Å². The summed E-state index contributed by atoms with van der Waals surface area (Å²) in [5.74, 6) is -1.34. The zero-order valence-corrected chi connectivity index (χ0v) is 11.7. The third-order valence-corrected chi connectivity index (χ3v) is 2.67. The van der Waals surface area contributed by atoms with Crippen molar-refractivity contribution in [1.29, 1.82) is 0 Å². The first kappa shape index (κ1) is 16.5. The molecule has 7 heteroatoms. The Kier molecular flexibility index (Phi) is 6.19. The number of nitrogens with two attached hydrogens (primary N) is 1. The number of primary amides is 1. The molecule has 0 fully saturated rings. The number of hydrogen-bond donors (Lipinski definition) is 3. The average Bonchev–Trinajstić information content (AvgIpc) is 2.43. The number of hydrogen-bond acceptors (Lipinski definition) is 4. The van der Waals surface area contributed by atoms with Gasteiger partial charge in [-0.1, -0.05) is 0 Å². The molecule has 0 radical (unpaired) electrons. The van der Waals surface area contributed by atoms with Gasteiger partial charge in [-0.3, -0.25) is 14.4 Å². The fourth-order valence-electron chi connectivity index (χ4n) is 1.58. The van der Waals surface area contributed by atoms with Crippen LogP contribution in [0.15, 0.2) is 24.3 Å². The van der Waals surface area contributed by atoms with E-state index in [-0.39, 0.29) is 25.0 Å². The fourth-order valence-corrected chi connectivity index (χ4v) is 1.58. The lowest BCUT2D eigenvalue weighted by Gasteiger charge is -2.13. The van der Waals surface area contributed by atoms with Crippen LogP contribution in [0, 0.1) is 0 Å². The summed E-state index contributed by atoms with van der Waals surface area (Å²) in [6.45, 7) is 1.52. The Labute approximate surface area is 122 Å². The van der Waals surface area contributed by atoms with E-state index >= 15 is 0 Å². The minimum absolute atomic E-state index is 0.00133. The first-order valence-corrected chi connectivity index (χ1v) is 6.42. The molecule has 0 aromatic heterocycles. The first-order chi connectivity index (χ1) is 9.88. The van der Waals surface area contributed by atoms with Gasteiger partial charge in [0.15, 0.2) is 6.61 Å². The SMILES string of the molecule is CC(CCC(=O)O)NC(=O)c1ccc(OCC(N)=O)cc1. The van der Waals surface area contributed by atoms with Gasteiger partial charge in [-0.2, -0.15) is 0 Å². The molecule has 1 unspecified atom stereocenters. The summed E-state index contributed by atoms with van der Waals surface area (Å²) in [5.41, 5.74) is 5.37. The quantitative estimate of drug-likeness (QED) is 0.646. The Morgan fingerprint density at radius 3 is 2.43 bits per heavy atom. The number of rotatable bonds is 8. The molecule has 0 aliphatic heterocycles. The molecule has 1 aromatic carbocycles. The molecule has 114 valence electrons. The topological polar surface area (TPSA) is 119 Å². The van der Waals surface area contributed by atoms with Crippen molar-refractivity contribution in [1.82, 2.24) is 5.32 Å². The van der Waals surface area contributed by atoms with E-state index < -0.39 is 11.9 Å². The van der Waals surface area contributed by atoms with Crippen LogP contribution in [0.4, 0.5) is 0 Å². The molecular weight excluding hydrogens is 276 g/mol. The summed E-state index contributed by atoms with van der Waals surface area (Å²) in [7, 11) is 0. The lowest BCUT2D eigenvalue weighted by Crippen LogP contribution is -2.32. The number of aliphatic carboxylic acids is 1. The third-order valence-electron chi connectivity index (χ3n) is 2.67. The molecule has 0 saturated carbocycles. The average molecular weight is 294 g/mol. The molecule has 0 bridgehead atoms. The largest absolute Gasteiger partial charge is 0.484 e. The van der Waals surface area contributed by atoms with E-state index in [0.29, 0.717) is 17.7 Å². The van der Waals surface area contributed by atoms with E-state index in [1.807, 2.05) is 0 Å². The van der Waals surface area contributed by atoms with Gasteiger partial charge < -0.3 is 20.9 Å². The molecule has 1 aromatic rings. The smallest absolute Gasteiger partial charge is 0.303 e. The van der Waals surface area contributed by atoms with Crippen molar-refractivity contribution in [2.45, 2.75) is 25.8 Å². The van der Waals surface area contributed by atoms with Crippen molar-refractivity contribution in [3.8, 4) is 5.75 Å². The molecule has 2 amide bonds. The maximum atomic E-state index is 11.9. The fraction of sp³-hybridized carbons (Fsp3) is 0.357. The standard InChI is InChI=1S/C14H18N2O5/c1-9(2-7-13(18)19)16-14(20)10-3-5-11(6-4-10)21-8-12(15)17/h3-6,9H,2,7-8H2,1H3,(H2,15,17)(H,16,20)(H,18,19). The van der Waals surface area contributed by atoms with E-state index in [9.17, 15) is 14.4 Å². The van der Waals surface area contributed by atoms with Crippen LogP contribution in [0.5, 0.6) is 5.75 Å². The van der Waals surface area contributed by atoms with Crippen LogP contribution in [0.3, 0.4) is 0 Å². The maximum Gasteiger partial charge on any atom is 0.303 e. The van der Waals surface area contributed by atoms with Gasteiger partial charge in [-0.25, -0.2) is 0 Å². The van der Waals surface area contributed by atoms with Crippen LogP contribution < -0.4 is 15.8 Å². The normalized spacial score (nSPS) is 11.5. The second kappa shape index (κ2) is 7.88. The monoisotopic (exact) mass is 294 g/mol. The van der Waals surface area contributed by atoms with Gasteiger partial charge in [0, 0.05) is 18.0 Å². The molecular formula is C14H18N2O5. The van der Waals surface area contributed by atoms with Crippen LogP contribution in [0.1, 0.15) is 30.1 Å². The summed E-state index contributed by atoms with van der Waals surface area (Å²) >= 11 is 0. The number of ether oxygens (including phenoxy) is 1. The highest BCUT2D eigenvalue weighted by Crippen LogP contribution is 2.12. The predicted molar refractivity (Wildman–Crippen MR) is 74.9 cm³/mol. The van der Waals surface area contributed by atoms with Gasteiger partial charge >= 0.3 is 5.97 Å². The third kappa shape index (κ3) is 6.42. The van der Waals surface area contributed by atoms with Crippen molar-refractivity contribution in [3.63, 3.8) is 0 Å². The van der Waals surface area contributed by atoms with Crippen LogP contribution in [-0.2, 0) is 9.59 Å². The van der Waals surface area contributed by atoms with Crippen molar-refractivity contribution in [3.05, 3.63) is 29.8 Å². The van der Waals surface area contributed by atoms with Gasteiger partial charge in [0.05, 0.1) is 0 Å². The molecule has 1 rings (SSSR count). The molecule has 0 saturated heterocycles. The summed E-state index contributed by atoms with van der Waals surface area (Å²) in [6.07, 6.45) is 0.363. The molecule has 21 heavy (non-hydrogen) atoms. The molecule has 0 spiro atoms. The minimum atomic E-state index is -0.896. The van der Waals surface area contributed by atoms with E-state index in [2.05, 4.69) is 5.32 Å². The van der Waals surface area contributed by atoms with Gasteiger partial charge in [0.25, 0.3) is 11.8 Å². The predicted octanol–water partition coefficient (Wildman–Crippen LogP) is 0.534. The molecule has 0 aliphatic rings. The number of carbonyl (C=O) groups excluding carboxylic acids is 2. The number of nitrogens with one attached hydrogen (secondary N) is 1. The Morgan fingerprint density at radius 1 is 1.29 bits per heavy atom. The number of carboxylic acid groups (broad SMARTS) is 1. The zero-order chi connectivity index (χ0) is 15.8. The van der Waals surface area contributed by atoms with Crippen molar-refractivity contribution in [2.75, 3.05) is 6.61 Å². The minimum Gasteiger partial charge on any atom is -0.484 e. The molecule has 4 N–H and O–H groups in total. The van der Waals surface area contributed by atoms with Crippen LogP contribution >= 0.6 is 0 Å². The van der Waals surface area contributed by atoms with Gasteiger partial charge in [-0.15, -0.1) is 0 Å². The summed E-state index contributed by atoms with van der Waals surface area (Å²) in [5, 5.41) is 11.3. The lowest BCUT2D eigenvalue weighted by molar-refractivity contribution is -0.137. The van der Waals surface area contributed by atoms with Crippen molar-refractivity contribution in [2.24, 2.45) is 5.73 Å². The van der Waals surface area contributed by atoms with E-state index in [0.717, 1.165) is 0 Å². The number of benzene rings is 1.